The van der Waals surface area contributed by atoms with Crippen LogP contribution in [0.5, 0.6) is 0 Å². The van der Waals surface area contributed by atoms with Gasteiger partial charge in [0.1, 0.15) is 5.82 Å². The molecule has 0 spiro atoms. The maximum Gasteiger partial charge on any atom is 0.294 e. The van der Waals surface area contributed by atoms with Gasteiger partial charge in [0, 0.05) is 12.6 Å². The van der Waals surface area contributed by atoms with Crippen LogP contribution in [0.15, 0.2) is 22.7 Å². The van der Waals surface area contributed by atoms with Gasteiger partial charge in [0.25, 0.3) is 5.91 Å². The monoisotopic (exact) mass is 275 g/mol. The second-order valence-corrected chi connectivity index (χ2v) is 4.78. The number of hydrogen-bond acceptors (Lipinski definition) is 4. The minimum atomic E-state index is -0.501. The van der Waals surface area contributed by atoms with Crippen molar-refractivity contribution in [1.29, 1.82) is 0 Å². The van der Waals surface area contributed by atoms with Crippen LogP contribution in [0.4, 0.5) is 10.1 Å². The molecular weight excluding hydrogens is 261 g/mol. The Morgan fingerprint density at radius 2 is 2.35 bits per heavy atom. The molecule has 1 aromatic carbocycles. The quantitative estimate of drug-likeness (QED) is 0.880. The predicted octanol–water partition coefficient (Wildman–Crippen LogP) is 2.02. The van der Waals surface area contributed by atoms with Crippen LogP contribution in [0, 0.1) is 12.7 Å². The fraction of sp³-hybridized carbons (Fsp3) is 0.286. The molecule has 104 valence electrons. The summed E-state index contributed by atoms with van der Waals surface area (Å²) in [4.78, 5) is 11.9. The zero-order valence-corrected chi connectivity index (χ0v) is 11.0. The van der Waals surface area contributed by atoms with E-state index in [1.807, 2.05) is 6.07 Å². The zero-order valence-electron chi connectivity index (χ0n) is 11.0. The Bertz CT molecular complexity index is 666. The molecule has 2 aromatic rings. The molecule has 20 heavy (non-hydrogen) atoms. The van der Waals surface area contributed by atoms with Crippen molar-refractivity contribution in [2.75, 3.05) is 11.9 Å². The van der Waals surface area contributed by atoms with E-state index in [-0.39, 0.29) is 17.3 Å². The number of rotatable bonds is 2. The zero-order chi connectivity index (χ0) is 14.1. The van der Waals surface area contributed by atoms with Crippen molar-refractivity contribution in [2.45, 2.75) is 19.9 Å². The third-order valence-electron chi connectivity index (χ3n) is 3.31. The summed E-state index contributed by atoms with van der Waals surface area (Å²) >= 11 is 0. The Labute approximate surface area is 115 Å². The molecule has 1 aromatic heterocycles. The van der Waals surface area contributed by atoms with E-state index in [1.54, 1.807) is 13.0 Å². The lowest BCUT2D eigenvalue weighted by molar-refractivity contribution is 0.0987. The van der Waals surface area contributed by atoms with E-state index in [0.29, 0.717) is 24.2 Å². The topological polar surface area (TPSA) is 67.2 Å². The summed E-state index contributed by atoms with van der Waals surface area (Å²) in [6.45, 7) is 3.11. The molecule has 1 amide bonds. The van der Waals surface area contributed by atoms with Crippen LogP contribution in [0.2, 0.25) is 0 Å². The molecule has 0 saturated heterocycles. The third-order valence-corrected chi connectivity index (χ3v) is 3.31. The van der Waals surface area contributed by atoms with E-state index < -0.39 is 5.91 Å². The van der Waals surface area contributed by atoms with Crippen LogP contribution in [-0.2, 0) is 13.0 Å². The highest BCUT2D eigenvalue weighted by Gasteiger charge is 2.19. The summed E-state index contributed by atoms with van der Waals surface area (Å²) in [7, 11) is 0. The second kappa shape index (κ2) is 5.05. The van der Waals surface area contributed by atoms with Crippen LogP contribution in [-0.4, -0.2) is 17.6 Å². The van der Waals surface area contributed by atoms with Crippen molar-refractivity contribution in [1.82, 2.24) is 10.5 Å². The van der Waals surface area contributed by atoms with Crippen molar-refractivity contribution in [3.8, 4) is 0 Å². The van der Waals surface area contributed by atoms with Crippen LogP contribution >= 0.6 is 0 Å². The number of carbonyl (C=O) groups excluding carboxylic acids is 1. The average molecular weight is 275 g/mol. The van der Waals surface area contributed by atoms with Gasteiger partial charge in [-0.3, -0.25) is 4.79 Å². The standard InChI is InChI=1S/C14H14FN3O2/c1-8-6-12(20-18-8)14(19)17-11-3-2-9-7-16-5-4-10(9)13(11)15/h2-3,6,16H,4-5,7H2,1H3,(H,17,19). The molecule has 0 atom stereocenters. The normalized spacial score (nSPS) is 13.9. The lowest BCUT2D eigenvalue weighted by atomic mass is 9.99. The highest BCUT2D eigenvalue weighted by Crippen LogP contribution is 2.24. The van der Waals surface area contributed by atoms with Gasteiger partial charge >= 0.3 is 0 Å². The van der Waals surface area contributed by atoms with E-state index in [1.165, 1.54) is 6.07 Å². The number of nitrogens with zero attached hydrogens (tertiary/aromatic N) is 1. The number of aromatic nitrogens is 1. The number of amides is 1. The molecule has 0 bridgehead atoms. The number of benzene rings is 1. The first-order valence-corrected chi connectivity index (χ1v) is 6.41. The number of anilines is 1. The number of aryl methyl sites for hydroxylation is 1. The van der Waals surface area contributed by atoms with Gasteiger partial charge in [-0.15, -0.1) is 0 Å². The molecule has 6 heteroatoms. The molecular formula is C14H14FN3O2. The molecule has 0 saturated carbocycles. The van der Waals surface area contributed by atoms with E-state index in [9.17, 15) is 9.18 Å². The van der Waals surface area contributed by atoms with Crippen LogP contribution in [0.1, 0.15) is 27.4 Å². The predicted molar refractivity (Wildman–Crippen MR) is 71.0 cm³/mol. The molecule has 0 aliphatic carbocycles. The average Bonchev–Trinajstić information content (AvgIpc) is 2.89. The summed E-state index contributed by atoms with van der Waals surface area (Å²) in [6.07, 6.45) is 0.617. The molecule has 0 unspecified atom stereocenters. The van der Waals surface area contributed by atoms with Gasteiger partial charge in [-0.25, -0.2) is 4.39 Å². The molecule has 1 aliphatic rings. The Hall–Kier alpha value is -2.21. The highest BCUT2D eigenvalue weighted by atomic mass is 19.1. The minimum Gasteiger partial charge on any atom is -0.351 e. The number of carbonyl (C=O) groups is 1. The van der Waals surface area contributed by atoms with Crippen molar-refractivity contribution in [3.63, 3.8) is 0 Å². The van der Waals surface area contributed by atoms with E-state index >= 15 is 0 Å². The number of hydrogen-bond donors (Lipinski definition) is 2. The summed E-state index contributed by atoms with van der Waals surface area (Å²) < 4.78 is 19.2. The first-order valence-electron chi connectivity index (χ1n) is 6.41. The molecule has 0 fully saturated rings. The fourth-order valence-corrected chi connectivity index (χ4v) is 2.28. The summed E-state index contributed by atoms with van der Waals surface area (Å²) in [5.74, 6) is -0.798. The Morgan fingerprint density at radius 3 is 3.10 bits per heavy atom. The van der Waals surface area contributed by atoms with Gasteiger partial charge in [0.15, 0.2) is 0 Å². The van der Waals surface area contributed by atoms with Gasteiger partial charge in [0.2, 0.25) is 5.76 Å². The minimum absolute atomic E-state index is 0.0706. The molecule has 2 heterocycles. The maximum absolute atomic E-state index is 14.3. The molecule has 1 aliphatic heterocycles. The molecule has 2 N–H and O–H groups in total. The van der Waals surface area contributed by atoms with Gasteiger partial charge in [0.05, 0.1) is 11.4 Å². The largest absolute Gasteiger partial charge is 0.351 e. The maximum atomic E-state index is 14.3. The Balaban J connectivity index is 1.86. The van der Waals surface area contributed by atoms with Crippen molar-refractivity contribution in [2.24, 2.45) is 0 Å². The summed E-state index contributed by atoms with van der Waals surface area (Å²) in [5, 5.41) is 9.34. The van der Waals surface area contributed by atoms with Crippen molar-refractivity contribution >= 4 is 11.6 Å². The van der Waals surface area contributed by atoms with Gasteiger partial charge < -0.3 is 15.2 Å². The first-order chi connectivity index (χ1) is 9.65. The van der Waals surface area contributed by atoms with Gasteiger partial charge in [-0.2, -0.15) is 0 Å². The lowest BCUT2D eigenvalue weighted by Gasteiger charge is -2.19. The van der Waals surface area contributed by atoms with Crippen LogP contribution in [0.25, 0.3) is 0 Å². The van der Waals surface area contributed by atoms with E-state index in [0.717, 1.165) is 12.1 Å². The van der Waals surface area contributed by atoms with Crippen LogP contribution < -0.4 is 10.6 Å². The van der Waals surface area contributed by atoms with Crippen molar-refractivity contribution < 1.29 is 13.7 Å². The van der Waals surface area contributed by atoms with Crippen LogP contribution in [0.3, 0.4) is 0 Å². The first kappa shape index (κ1) is 12.8. The third kappa shape index (κ3) is 2.30. The molecule has 3 rings (SSSR count). The number of nitrogens with one attached hydrogen (secondary N) is 2. The smallest absolute Gasteiger partial charge is 0.294 e. The Morgan fingerprint density at radius 1 is 1.50 bits per heavy atom. The lowest BCUT2D eigenvalue weighted by Crippen LogP contribution is -2.25. The van der Waals surface area contributed by atoms with E-state index in [2.05, 4.69) is 15.8 Å². The highest BCUT2D eigenvalue weighted by molar-refractivity contribution is 6.02. The Kier molecular flexibility index (Phi) is 3.23. The second-order valence-electron chi connectivity index (χ2n) is 4.78. The van der Waals surface area contributed by atoms with Crippen molar-refractivity contribution in [3.05, 3.63) is 46.6 Å². The summed E-state index contributed by atoms with van der Waals surface area (Å²) in [6, 6.07) is 4.91. The van der Waals surface area contributed by atoms with Gasteiger partial charge in [-0.1, -0.05) is 11.2 Å². The molecule has 5 nitrogen and oxygen atoms in total. The number of halogens is 1. The van der Waals surface area contributed by atoms with E-state index in [4.69, 9.17) is 4.52 Å². The number of fused-ring (bicyclic) bond motifs is 1. The van der Waals surface area contributed by atoms with Gasteiger partial charge in [-0.05, 0) is 37.1 Å². The molecule has 0 radical (unpaired) electrons. The summed E-state index contributed by atoms with van der Waals surface area (Å²) in [5.41, 5.74) is 2.37. The SMILES string of the molecule is Cc1cc(C(=O)Nc2ccc3c(c2F)CCNC3)on1. The fourth-order valence-electron chi connectivity index (χ4n) is 2.28.